The van der Waals surface area contributed by atoms with Crippen molar-refractivity contribution in [1.82, 2.24) is 25.2 Å². The van der Waals surface area contributed by atoms with Gasteiger partial charge < -0.3 is 15.0 Å². The molecule has 33 heavy (non-hydrogen) atoms. The second-order valence-corrected chi connectivity index (χ2v) is 8.48. The van der Waals surface area contributed by atoms with E-state index in [4.69, 9.17) is 4.74 Å². The summed E-state index contributed by atoms with van der Waals surface area (Å²) in [6, 6.07) is 13.6. The van der Waals surface area contributed by atoms with Gasteiger partial charge in [0.2, 0.25) is 5.91 Å². The third-order valence-corrected chi connectivity index (χ3v) is 6.11. The maximum absolute atomic E-state index is 12.9. The van der Waals surface area contributed by atoms with E-state index in [1.165, 1.54) is 5.56 Å². The van der Waals surface area contributed by atoms with Crippen LogP contribution in [0.1, 0.15) is 40.0 Å². The van der Waals surface area contributed by atoms with E-state index < -0.39 is 0 Å². The number of aromatic nitrogens is 3. The van der Waals surface area contributed by atoms with E-state index >= 15 is 0 Å². The zero-order valence-electron chi connectivity index (χ0n) is 19.2. The fourth-order valence-corrected chi connectivity index (χ4v) is 3.99. The Morgan fingerprint density at radius 1 is 1.09 bits per heavy atom. The number of likely N-dealkylation sites (tertiary alicyclic amines) is 1. The molecule has 0 unspecified atom stereocenters. The van der Waals surface area contributed by atoms with Crippen LogP contribution in [-0.2, 0) is 11.2 Å². The lowest BCUT2D eigenvalue weighted by molar-refractivity contribution is -0.121. The lowest BCUT2D eigenvalue weighted by atomic mass is 10.0. The molecule has 2 amide bonds. The maximum Gasteiger partial charge on any atom is 0.276 e. The Bertz CT molecular complexity index is 1150. The Hall–Kier alpha value is -3.68. The number of nitrogens with zero attached hydrogens (tertiary/aromatic N) is 4. The molecule has 1 saturated heterocycles. The summed E-state index contributed by atoms with van der Waals surface area (Å²) in [4.78, 5) is 27.1. The zero-order valence-corrected chi connectivity index (χ0v) is 19.2. The Morgan fingerprint density at radius 3 is 2.61 bits per heavy atom. The molecule has 0 aliphatic carbocycles. The number of aryl methyl sites for hydroxylation is 2. The van der Waals surface area contributed by atoms with Crippen LogP contribution in [0.25, 0.3) is 5.69 Å². The van der Waals surface area contributed by atoms with Gasteiger partial charge in [-0.3, -0.25) is 9.59 Å². The molecule has 0 saturated carbocycles. The minimum atomic E-state index is -0.133. The number of carbonyl (C=O) groups is 2. The Kier molecular flexibility index (Phi) is 6.72. The van der Waals surface area contributed by atoms with Gasteiger partial charge in [-0.2, -0.15) is 0 Å². The maximum atomic E-state index is 12.9. The summed E-state index contributed by atoms with van der Waals surface area (Å²) in [7, 11) is 1.61. The van der Waals surface area contributed by atoms with Crippen molar-refractivity contribution in [2.45, 2.75) is 39.2 Å². The highest BCUT2D eigenvalue weighted by Crippen LogP contribution is 2.17. The number of piperidine rings is 1. The first-order valence-corrected chi connectivity index (χ1v) is 11.1. The molecule has 4 rings (SSSR count). The molecule has 1 N–H and O–H groups in total. The summed E-state index contributed by atoms with van der Waals surface area (Å²) >= 11 is 0. The Balaban J connectivity index is 1.29. The van der Waals surface area contributed by atoms with Crippen molar-refractivity contribution in [2.24, 2.45) is 0 Å². The SMILES string of the molecule is COc1cccc(CC(=O)NC2CCN(C(=O)c3cn(-c4ccc(C)c(C)c4)nn3)CC2)c1. The van der Waals surface area contributed by atoms with Gasteiger partial charge in [-0.15, -0.1) is 5.10 Å². The summed E-state index contributed by atoms with van der Waals surface area (Å²) < 4.78 is 6.84. The van der Waals surface area contributed by atoms with Crippen LogP contribution >= 0.6 is 0 Å². The fraction of sp³-hybridized carbons (Fsp3) is 0.360. The molecular weight excluding hydrogens is 418 g/mol. The molecule has 172 valence electrons. The molecule has 1 aliphatic rings. The second-order valence-electron chi connectivity index (χ2n) is 8.48. The number of hydrogen-bond donors (Lipinski definition) is 1. The van der Waals surface area contributed by atoms with Crippen molar-refractivity contribution < 1.29 is 14.3 Å². The smallest absolute Gasteiger partial charge is 0.276 e. The molecule has 8 nitrogen and oxygen atoms in total. The molecule has 1 aliphatic heterocycles. The molecule has 2 aromatic carbocycles. The molecule has 2 heterocycles. The van der Waals surface area contributed by atoms with Gasteiger partial charge in [0.15, 0.2) is 5.69 Å². The monoisotopic (exact) mass is 447 g/mol. The number of ether oxygens (including phenoxy) is 1. The molecule has 0 bridgehead atoms. The Labute approximate surface area is 193 Å². The minimum Gasteiger partial charge on any atom is -0.497 e. The highest BCUT2D eigenvalue weighted by Gasteiger charge is 2.26. The van der Waals surface area contributed by atoms with E-state index in [1.54, 1.807) is 22.9 Å². The first-order valence-electron chi connectivity index (χ1n) is 11.1. The fourth-order valence-electron chi connectivity index (χ4n) is 3.99. The third kappa shape index (κ3) is 5.39. The van der Waals surface area contributed by atoms with Gasteiger partial charge in [0.05, 0.1) is 25.4 Å². The zero-order chi connectivity index (χ0) is 23.4. The molecule has 0 atom stereocenters. The quantitative estimate of drug-likeness (QED) is 0.628. The van der Waals surface area contributed by atoms with Crippen LogP contribution in [-0.4, -0.2) is 57.9 Å². The second kappa shape index (κ2) is 9.85. The number of hydrogen-bond acceptors (Lipinski definition) is 5. The van der Waals surface area contributed by atoms with Crippen LogP contribution in [0.15, 0.2) is 48.7 Å². The van der Waals surface area contributed by atoms with E-state index in [-0.39, 0.29) is 17.9 Å². The Morgan fingerprint density at radius 2 is 1.88 bits per heavy atom. The topological polar surface area (TPSA) is 89.4 Å². The van der Waals surface area contributed by atoms with Crippen molar-refractivity contribution in [2.75, 3.05) is 20.2 Å². The van der Waals surface area contributed by atoms with Gasteiger partial charge in [0.25, 0.3) is 5.91 Å². The number of amides is 2. The molecule has 3 aromatic rings. The number of nitrogens with one attached hydrogen (secondary N) is 1. The van der Waals surface area contributed by atoms with Gasteiger partial charge >= 0.3 is 0 Å². The number of carbonyl (C=O) groups excluding carboxylic acids is 2. The summed E-state index contributed by atoms with van der Waals surface area (Å²) in [5.41, 5.74) is 4.47. The third-order valence-electron chi connectivity index (χ3n) is 6.11. The average molecular weight is 448 g/mol. The number of methoxy groups -OCH3 is 1. The van der Waals surface area contributed by atoms with E-state index in [0.717, 1.165) is 22.6 Å². The van der Waals surface area contributed by atoms with Crippen LogP contribution in [0.3, 0.4) is 0 Å². The molecule has 8 heteroatoms. The molecule has 0 spiro atoms. The average Bonchev–Trinajstić information content (AvgIpc) is 3.31. The molecule has 0 radical (unpaired) electrons. The van der Waals surface area contributed by atoms with Crippen LogP contribution in [0, 0.1) is 13.8 Å². The van der Waals surface area contributed by atoms with Crippen LogP contribution in [0.5, 0.6) is 5.75 Å². The van der Waals surface area contributed by atoms with Crippen molar-refractivity contribution in [3.63, 3.8) is 0 Å². The van der Waals surface area contributed by atoms with Crippen molar-refractivity contribution in [1.29, 1.82) is 0 Å². The van der Waals surface area contributed by atoms with Gasteiger partial charge in [0.1, 0.15) is 5.75 Å². The van der Waals surface area contributed by atoms with E-state index in [1.807, 2.05) is 49.4 Å². The van der Waals surface area contributed by atoms with Crippen molar-refractivity contribution in [3.05, 3.63) is 71.0 Å². The van der Waals surface area contributed by atoms with Crippen LogP contribution in [0.2, 0.25) is 0 Å². The first-order chi connectivity index (χ1) is 15.9. The van der Waals surface area contributed by atoms with E-state index in [9.17, 15) is 9.59 Å². The first kappa shape index (κ1) is 22.5. The van der Waals surface area contributed by atoms with Crippen LogP contribution < -0.4 is 10.1 Å². The molecule has 1 fully saturated rings. The minimum absolute atomic E-state index is 0.0237. The van der Waals surface area contributed by atoms with Gasteiger partial charge in [-0.1, -0.05) is 23.4 Å². The summed E-state index contributed by atoms with van der Waals surface area (Å²) in [5, 5.41) is 11.3. The lowest BCUT2D eigenvalue weighted by Gasteiger charge is -2.32. The highest BCUT2D eigenvalue weighted by atomic mass is 16.5. The predicted octanol–water partition coefficient (Wildman–Crippen LogP) is 2.86. The van der Waals surface area contributed by atoms with E-state index in [2.05, 4.69) is 22.6 Å². The van der Waals surface area contributed by atoms with Crippen molar-refractivity contribution >= 4 is 11.8 Å². The highest BCUT2D eigenvalue weighted by molar-refractivity contribution is 5.92. The largest absolute Gasteiger partial charge is 0.497 e. The van der Waals surface area contributed by atoms with E-state index in [0.29, 0.717) is 38.0 Å². The summed E-state index contributed by atoms with van der Waals surface area (Å²) in [6.07, 6.45) is 3.40. The summed E-state index contributed by atoms with van der Waals surface area (Å²) in [5.74, 6) is 0.581. The van der Waals surface area contributed by atoms with Gasteiger partial charge in [-0.25, -0.2) is 4.68 Å². The predicted molar refractivity (Wildman–Crippen MR) is 125 cm³/mol. The lowest BCUT2D eigenvalue weighted by Crippen LogP contribution is -2.47. The number of benzene rings is 2. The molecule has 1 aromatic heterocycles. The van der Waals surface area contributed by atoms with Gasteiger partial charge in [0, 0.05) is 19.1 Å². The van der Waals surface area contributed by atoms with Gasteiger partial charge in [-0.05, 0) is 67.6 Å². The summed E-state index contributed by atoms with van der Waals surface area (Å²) in [6.45, 7) is 5.24. The molecular formula is C25H29N5O3. The van der Waals surface area contributed by atoms with Crippen LogP contribution in [0.4, 0.5) is 0 Å². The number of rotatable bonds is 6. The standard InChI is InChI=1S/C25H29N5O3/c1-17-7-8-21(13-18(17)2)30-16-23(27-28-30)25(32)29-11-9-20(10-12-29)26-24(31)15-19-5-4-6-22(14-19)33-3/h4-8,13-14,16,20H,9-12,15H2,1-3H3,(H,26,31). The normalized spacial score (nSPS) is 14.2. The van der Waals surface area contributed by atoms with Crippen molar-refractivity contribution in [3.8, 4) is 11.4 Å².